The summed E-state index contributed by atoms with van der Waals surface area (Å²) in [4.78, 5) is 25.3. The van der Waals surface area contributed by atoms with Gasteiger partial charge in [-0.25, -0.2) is 8.42 Å². The highest BCUT2D eigenvalue weighted by molar-refractivity contribution is 7.90. The Morgan fingerprint density at radius 2 is 1.33 bits per heavy atom. The molecule has 0 aliphatic carbocycles. The SMILES string of the molecule is CCCCCCC(=O)c1cc(C(=O)CCCCCC)c(C)c(S(C)(=O)=O)c1. The van der Waals surface area contributed by atoms with Crippen molar-refractivity contribution in [3.63, 3.8) is 0 Å². The molecule has 1 aromatic rings. The predicted molar refractivity (Wildman–Crippen MR) is 110 cm³/mol. The maximum absolute atomic E-state index is 12.7. The van der Waals surface area contributed by atoms with Gasteiger partial charge in [0.15, 0.2) is 21.4 Å². The van der Waals surface area contributed by atoms with E-state index in [0.29, 0.717) is 29.5 Å². The Morgan fingerprint density at radius 3 is 1.81 bits per heavy atom. The van der Waals surface area contributed by atoms with Crippen LogP contribution in [0.3, 0.4) is 0 Å². The molecule has 1 rings (SSSR count). The van der Waals surface area contributed by atoms with E-state index in [4.69, 9.17) is 0 Å². The molecule has 5 heteroatoms. The number of ketones is 2. The van der Waals surface area contributed by atoms with Gasteiger partial charge in [0.05, 0.1) is 4.90 Å². The van der Waals surface area contributed by atoms with E-state index in [9.17, 15) is 18.0 Å². The fourth-order valence-electron chi connectivity index (χ4n) is 3.23. The van der Waals surface area contributed by atoms with Crippen LogP contribution in [0.25, 0.3) is 0 Å². The molecule has 0 amide bonds. The summed E-state index contributed by atoms with van der Waals surface area (Å²) in [5.41, 5.74) is 1.18. The standard InChI is InChI=1S/C22H34O4S/c1-5-7-9-11-13-20(23)18-15-19(21(24)14-12-10-8-6-2)17(3)22(16-18)27(4,25)26/h15-16H,5-14H2,1-4H3. The summed E-state index contributed by atoms with van der Waals surface area (Å²) < 4.78 is 24.4. The highest BCUT2D eigenvalue weighted by atomic mass is 32.2. The molecule has 0 spiro atoms. The molecule has 0 radical (unpaired) electrons. The van der Waals surface area contributed by atoms with Crippen molar-refractivity contribution in [1.82, 2.24) is 0 Å². The van der Waals surface area contributed by atoms with Crippen LogP contribution in [-0.4, -0.2) is 26.2 Å². The minimum atomic E-state index is -3.51. The Morgan fingerprint density at radius 1 is 0.815 bits per heavy atom. The summed E-state index contributed by atoms with van der Waals surface area (Å²) in [5, 5.41) is 0. The van der Waals surface area contributed by atoms with Gasteiger partial charge in [-0.3, -0.25) is 9.59 Å². The molecule has 0 aliphatic heterocycles. The fourth-order valence-corrected chi connectivity index (χ4v) is 4.23. The number of hydrogen-bond donors (Lipinski definition) is 0. The van der Waals surface area contributed by atoms with Crippen LogP contribution in [-0.2, 0) is 9.84 Å². The first kappa shape index (κ1) is 23.5. The van der Waals surface area contributed by atoms with E-state index in [1.165, 1.54) is 6.07 Å². The van der Waals surface area contributed by atoms with Gasteiger partial charge in [0.2, 0.25) is 0 Å². The summed E-state index contributed by atoms with van der Waals surface area (Å²) >= 11 is 0. The lowest BCUT2D eigenvalue weighted by molar-refractivity contribution is 0.0978. The van der Waals surface area contributed by atoms with Crippen molar-refractivity contribution in [2.24, 2.45) is 0 Å². The van der Waals surface area contributed by atoms with E-state index in [1.54, 1.807) is 13.0 Å². The molecule has 0 bridgehead atoms. The Kier molecular flexibility index (Phi) is 9.92. The first-order valence-electron chi connectivity index (χ1n) is 10.1. The van der Waals surface area contributed by atoms with Crippen LogP contribution in [0, 0.1) is 6.92 Å². The average molecular weight is 395 g/mol. The third-order valence-corrected chi connectivity index (χ3v) is 6.12. The van der Waals surface area contributed by atoms with E-state index in [-0.39, 0.29) is 16.5 Å². The van der Waals surface area contributed by atoms with Gasteiger partial charge in [-0.1, -0.05) is 52.4 Å². The second-order valence-electron chi connectivity index (χ2n) is 7.39. The first-order valence-corrected chi connectivity index (χ1v) is 12.0. The molecule has 152 valence electrons. The normalized spacial score (nSPS) is 11.6. The maximum atomic E-state index is 12.7. The summed E-state index contributed by atoms with van der Waals surface area (Å²) in [5.74, 6) is -0.162. The second kappa shape index (κ2) is 11.4. The Bertz CT molecular complexity index is 748. The molecule has 4 nitrogen and oxygen atoms in total. The predicted octanol–water partition coefficient (Wildman–Crippen LogP) is 5.70. The second-order valence-corrected chi connectivity index (χ2v) is 9.37. The zero-order valence-electron chi connectivity index (χ0n) is 17.3. The Hall–Kier alpha value is -1.49. The largest absolute Gasteiger partial charge is 0.294 e. The number of benzene rings is 1. The highest BCUT2D eigenvalue weighted by Crippen LogP contribution is 2.25. The van der Waals surface area contributed by atoms with Crippen LogP contribution in [0.4, 0.5) is 0 Å². The van der Waals surface area contributed by atoms with Crippen molar-refractivity contribution < 1.29 is 18.0 Å². The molecular formula is C22H34O4S. The molecule has 0 unspecified atom stereocenters. The van der Waals surface area contributed by atoms with E-state index in [2.05, 4.69) is 13.8 Å². The van der Waals surface area contributed by atoms with Crippen LogP contribution in [0.5, 0.6) is 0 Å². The van der Waals surface area contributed by atoms with Gasteiger partial charge in [-0.15, -0.1) is 0 Å². The number of carbonyl (C=O) groups excluding carboxylic acids is 2. The molecule has 0 saturated carbocycles. The monoisotopic (exact) mass is 394 g/mol. The van der Waals surface area contributed by atoms with Crippen molar-refractivity contribution in [2.75, 3.05) is 6.26 Å². The van der Waals surface area contributed by atoms with Crippen molar-refractivity contribution in [3.8, 4) is 0 Å². The molecule has 1 aromatic carbocycles. The lowest BCUT2D eigenvalue weighted by atomic mass is 9.95. The zero-order chi connectivity index (χ0) is 20.4. The smallest absolute Gasteiger partial charge is 0.175 e. The minimum absolute atomic E-state index is 0.0749. The summed E-state index contributed by atoms with van der Waals surface area (Å²) in [6, 6.07) is 3.05. The van der Waals surface area contributed by atoms with Crippen LogP contribution in [0.2, 0.25) is 0 Å². The number of carbonyl (C=O) groups is 2. The van der Waals surface area contributed by atoms with Crippen LogP contribution in [0.1, 0.15) is 104 Å². The van der Waals surface area contributed by atoms with Gasteiger partial charge < -0.3 is 0 Å². The molecule has 0 aliphatic rings. The van der Waals surface area contributed by atoms with Gasteiger partial charge in [-0.2, -0.15) is 0 Å². The third kappa shape index (κ3) is 7.57. The van der Waals surface area contributed by atoms with Gasteiger partial charge in [0.1, 0.15) is 0 Å². The van der Waals surface area contributed by atoms with Gasteiger partial charge >= 0.3 is 0 Å². The molecule has 0 heterocycles. The van der Waals surface area contributed by atoms with E-state index >= 15 is 0 Å². The average Bonchev–Trinajstić information content (AvgIpc) is 2.61. The summed E-state index contributed by atoms with van der Waals surface area (Å²) in [6.07, 6.45) is 9.78. The molecule has 0 atom stereocenters. The molecule has 0 fully saturated rings. The fraction of sp³-hybridized carbons (Fsp3) is 0.636. The lowest BCUT2D eigenvalue weighted by Gasteiger charge is -2.13. The van der Waals surface area contributed by atoms with Crippen molar-refractivity contribution in [3.05, 3.63) is 28.8 Å². The molecular weight excluding hydrogens is 360 g/mol. The zero-order valence-corrected chi connectivity index (χ0v) is 18.1. The molecule has 0 aromatic heterocycles. The van der Waals surface area contributed by atoms with Crippen molar-refractivity contribution in [2.45, 2.75) is 89.9 Å². The van der Waals surface area contributed by atoms with Crippen LogP contribution in [0.15, 0.2) is 17.0 Å². The van der Waals surface area contributed by atoms with Crippen molar-refractivity contribution >= 4 is 21.4 Å². The topological polar surface area (TPSA) is 68.3 Å². The lowest BCUT2D eigenvalue weighted by Crippen LogP contribution is -2.11. The minimum Gasteiger partial charge on any atom is -0.294 e. The Labute approximate surface area is 164 Å². The quantitative estimate of drug-likeness (QED) is 0.318. The molecule has 27 heavy (non-hydrogen) atoms. The van der Waals surface area contributed by atoms with Gasteiger partial charge in [0, 0.05) is 30.2 Å². The number of sulfone groups is 1. The first-order chi connectivity index (χ1) is 12.7. The third-order valence-electron chi connectivity index (χ3n) is 4.90. The molecule has 0 N–H and O–H groups in total. The summed E-state index contributed by atoms with van der Waals surface area (Å²) in [6.45, 7) is 5.88. The number of hydrogen-bond acceptors (Lipinski definition) is 4. The maximum Gasteiger partial charge on any atom is 0.175 e. The highest BCUT2D eigenvalue weighted by Gasteiger charge is 2.21. The number of Topliss-reactive ketones (excluding diaryl/α,β-unsaturated/α-hetero) is 2. The van der Waals surface area contributed by atoms with Gasteiger partial charge in [-0.05, 0) is 37.5 Å². The van der Waals surface area contributed by atoms with E-state index in [0.717, 1.165) is 57.6 Å². The molecule has 0 saturated heterocycles. The van der Waals surface area contributed by atoms with E-state index in [1.807, 2.05) is 0 Å². The van der Waals surface area contributed by atoms with E-state index < -0.39 is 9.84 Å². The Balaban J connectivity index is 3.11. The number of rotatable bonds is 13. The van der Waals surface area contributed by atoms with Crippen LogP contribution < -0.4 is 0 Å². The summed E-state index contributed by atoms with van der Waals surface area (Å²) in [7, 11) is -3.51. The van der Waals surface area contributed by atoms with Crippen LogP contribution >= 0.6 is 0 Å². The number of unbranched alkanes of at least 4 members (excludes halogenated alkanes) is 6. The van der Waals surface area contributed by atoms with Gasteiger partial charge in [0.25, 0.3) is 0 Å². The van der Waals surface area contributed by atoms with Crippen molar-refractivity contribution in [1.29, 1.82) is 0 Å².